The quantitative estimate of drug-likeness (QED) is 0.737. The number of carboxylic acids is 1. The highest BCUT2D eigenvalue weighted by molar-refractivity contribution is 6.30. The molecule has 2 amide bonds. The van der Waals surface area contributed by atoms with Crippen LogP contribution < -0.4 is 5.32 Å². The summed E-state index contributed by atoms with van der Waals surface area (Å²) in [6.07, 6.45) is -4.28. The van der Waals surface area contributed by atoms with E-state index in [1.165, 1.54) is 0 Å². The summed E-state index contributed by atoms with van der Waals surface area (Å²) in [6.45, 7) is 5.69. The van der Waals surface area contributed by atoms with Crippen molar-refractivity contribution in [1.29, 1.82) is 0 Å². The number of hydrogen-bond acceptors (Lipinski definition) is 4. The van der Waals surface area contributed by atoms with E-state index in [2.05, 4.69) is 5.32 Å². The zero-order valence-corrected chi connectivity index (χ0v) is 16.6. The molecule has 0 unspecified atom stereocenters. The van der Waals surface area contributed by atoms with Crippen molar-refractivity contribution in [2.45, 2.75) is 19.5 Å². The van der Waals surface area contributed by atoms with Crippen molar-refractivity contribution in [3.05, 3.63) is 34.9 Å². The molecule has 1 heterocycles. The van der Waals surface area contributed by atoms with E-state index in [0.29, 0.717) is 30.2 Å². The largest absolute Gasteiger partial charge is 0.490 e. The lowest BCUT2D eigenvalue weighted by Crippen LogP contribution is -2.50. The minimum atomic E-state index is -5.08. The van der Waals surface area contributed by atoms with Gasteiger partial charge in [0.25, 0.3) is 5.91 Å². The number of carbonyl (C=O) groups excluding carboxylic acids is 2. The number of nitrogens with zero attached hydrogens (tertiary/aromatic N) is 2. The highest BCUT2D eigenvalue weighted by atomic mass is 35.5. The van der Waals surface area contributed by atoms with E-state index in [9.17, 15) is 22.8 Å². The predicted molar refractivity (Wildman–Crippen MR) is 101 cm³/mol. The first kappa shape index (κ1) is 24.7. The first-order valence-electron chi connectivity index (χ1n) is 8.89. The Labute approximate surface area is 171 Å². The first-order chi connectivity index (χ1) is 13.6. The van der Waals surface area contributed by atoms with Crippen molar-refractivity contribution in [1.82, 2.24) is 15.1 Å². The molecule has 1 aromatic carbocycles. The van der Waals surface area contributed by atoms with E-state index in [-0.39, 0.29) is 18.4 Å². The second kappa shape index (κ2) is 11.6. The maximum absolute atomic E-state index is 12.6. The Kier molecular flexibility index (Phi) is 9.90. The number of carboxylic acid groups (broad SMARTS) is 1. The zero-order valence-electron chi connectivity index (χ0n) is 15.8. The first-order valence-corrected chi connectivity index (χ1v) is 9.27. The molecule has 2 N–H and O–H groups in total. The lowest BCUT2D eigenvalue weighted by Gasteiger charge is -2.30. The van der Waals surface area contributed by atoms with Gasteiger partial charge in [0.05, 0.1) is 0 Å². The van der Waals surface area contributed by atoms with Gasteiger partial charge in [-0.15, -0.1) is 0 Å². The minimum absolute atomic E-state index is 0.00493. The fraction of sp³-hybridized carbons (Fsp3) is 0.500. The van der Waals surface area contributed by atoms with Crippen LogP contribution in [0.5, 0.6) is 0 Å². The molecule has 0 aliphatic carbocycles. The molecule has 2 rings (SSSR count). The molecule has 0 bridgehead atoms. The Morgan fingerprint density at radius 2 is 1.83 bits per heavy atom. The number of alkyl halides is 3. The van der Waals surface area contributed by atoms with Crippen molar-refractivity contribution in [3.63, 3.8) is 0 Å². The van der Waals surface area contributed by atoms with Crippen LogP contribution in [-0.2, 0) is 9.59 Å². The van der Waals surface area contributed by atoms with Crippen molar-refractivity contribution in [2.24, 2.45) is 0 Å². The molecule has 162 valence electrons. The number of carbonyl (C=O) groups is 3. The van der Waals surface area contributed by atoms with E-state index in [1.54, 1.807) is 29.2 Å². The van der Waals surface area contributed by atoms with Gasteiger partial charge in [-0.2, -0.15) is 13.2 Å². The van der Waals surface area contributed by atoms with E-state index in [1.807, 2.05) is 11.8 Å². The van der Waals surface area contributed by atoms with E-state index in [4.69, 9.17) is 21.5 Å². The molecular weight excluding hydrogens is 415 g/mol. The Morgan fingerprint density at radius 3 is 2.31 bits per heavy atom. The number of amides is 2. The summed E-state index contributed by atoms with van der Waals surface area (Å²) in [5.74, 6) is -2.90. The number of benzene rings is 1. The van der Waals surface area contributed by atoms with Gasteiger partial charge in [0.2, 0.25) is 5.91 Å². The number of piperazine rings is 1. The maximum Gasteiger partial charge on any atom is 0.490 e. The Hall–Kier alpha value is -2.33. The number of nitrogens with one attached hydrogen (secondary N) is 1. The molecule has 29 heavy (non-hydrogen) atoms. The standard InChI is InChI=1S/C16H22ClN3O2.C2HF3O2/c1-2-8-20(12-15(21)19-9-6-18-7-10-19)16(22)13-4-3-5-14(17)11-13;3-2(4,5)1(6)7/h3-5,11,18H,2,6-10,12H2,1H3;(H,6,7). The van der Waals surface area contributed by atoms with E-state index < -0.39 is 12.1 Å². The molecular formula is C18H23ClF3N3O4. The fourth-order valence-corrected chi connectivity index (χ4v) is 2.69. The van der Waals surface area contributed by atoms with Crippen molar-refractivity contribution < 1.29 is 32.7 Å². The number of aliphatic carboxylic acids is 1. The number of rotatable bonds is 5. The van der Waals surface area contributed by atoms with Crippen LogP contribution in [0.15, 0.2) is 24.3 Å². The van der Waals surface area contributed by atoms with Crippen LogP contribution in [0.25, 0.3) is 0 Å². The molecule has 1 fully saturated rings. The van der Waals surface area contributed by atoms with Crippen LogP contribution in [0, 0.1) is 0 Å². The van der Waals surface area contributed by atoms with Gasteiger partial charge in [-0.1, -0.05) is 24.6 Å². The van der Waals surface area contributed by atoms with E-state index >= 15 is 0 Å². The van der Waals surface area contributed by atoms with E-state index in [0.717, 1.165) is 19.5 Å². The van der Waals surface area contributed by atoms with Crippen LogP contribution in [0.4, 0.5) is 13.2 Å². The van der Waals surface area contributed by atoms with Crippen LogP contribution in [0.3, 0.4) is 0 Å². The second-order valence-electron chi connectivity index (χ2n) is 6.17. The molecule has 0 atom stereocenters. The van der Waals surface area contributed by atoms with Gasteiger partial charge in [0.15, 0.2) is 0 Å². The van der Waals surface area contributed by atoms with Crippen LogP contribution in [0.1, 0.15) is 23.7 Å². The minimum Gasteiger partial charge on any atom is -0.475 e. The Balaban J connectivity index is 0.000000516. The molecule has 1 saturated heterocycles. The van der Waals surface area contributed by atoms with Gasteiger partial charge in [-0.3, -0.25) is 9.59 Å². The molecule has 7 nitrogen and oxygen atoms in total. The summed E-state index contributed by atoms with van der Waals surface area (Å²) in [7, 11) is 0. The molecule has 1 aliphatic heterocycles. The van der Waals surface area contributed by atoms with Crippen LogP contribution in [0.2, 0.25) is 5.02 Å². The van der Waals surface area contributed by atoms with Crippen LogP contribution in [-0.4, -0.2) is 78.1 Å². The summed E-state index contributed by atoms with van der Waals surface area (Å²) >= 11 is 5.95. The lowest BCUT2D eigenvalue weighted by molar-refractivity contribution is -0.192. The molecule has 0 radical (unpaired) electrons. The second-order valence-corrected chi connectivity index (χ2v) is 6.61. The average Bonchev–Trinajstić information content (AvgIpc) is 2.67. The topological polar surface area (TPSA) is 90.0 Å². The van der Waals surface area contributed by atoms with Crippen molar-refractivity contribution in [3.8, 4) is 0 Å². The van der Waals surface area contributed by atoms with Crippen molar-refractivity contribution >= 4 is 29.4 Å². The third-order valence-corrected chi connectivity index (χ3v) is 4.13. The average molecular weight is 438 g/mol. The normalized spacial score (nSPS) is 13.9. The van der Waals surface area contributed by atoms with Gasteiger partial charge in [0, 0.05) is 43.3 Å². The Morgan fingerprint density at radius 1 is 1.24 bits per heavy atom. The molecule has 1 aliphatic rings. The summed E-state index contributed by atoms with van der Waals surface area (Å²) < 4.78 is 31.7. The third-order valence-electron chi connectivity index (χ3n) is 3.89. The Bertz CT molecular complexity index is 710. The maximum atomic E-state index is 12.6. The highest BCUT2D eigenvalue weighted by Crippen LogP contribution is 2.14. The van der Waals surface area contributed by atoms with Gasteiger partial charge in [-0.05, 0) is 24.6 Å². The number of hydrogen-bond donors (Lipinski definition) is 2. The molecule has 0 aromatic heterocycles. The number of halogens is 4. The SMILES string of the molecule is CCCN(CC(=O)N1CCNCC1)C(=O)c1cccc(Cl)c1.O=C(O)C(F)(F)F. The van der Waals surface area contributed by atoms with Gasteiger partial charge >= 0.3 is 12.1 Å². The highest BCUT2D eigenvalue weighted by Gasteiger charge is 2.38. The molecule has 0 saturated carbocycles. The fourth-order valence-electron chi connectivity index (χ4n) is 2.50. The van der Waals surface area contributed by atoms with Crippen molar-refractivity contribution in [2.75, 3.05) is 39.3 Å². The van der Waals surface area contributed by atoms with Gasteiger partial charge < -0.3 is 20.2 Å². The summed E-state index contributed by atoms with van der Waals surface area (Å²) in [5, 5.41) is 10.9. The molecule has 0 spiro atoms. The monoisotopic (exact) mass is 437 g/mol. The lowest BCUT2D eigenvalue weighted by atomic mass is 10.2. The summed E-state index contributed by atoms with van der Waals surface area (Å²) in [4.78, 5) is 37.3. The predicted octanol–water partition coefficient (Wildman–Crippen LogP) is 2.26. The summed E-state index contributed by atoms with van der Waals surface area (Å²) in [5.41, 5.74) is 0.522. The van der Waals surface area contributed by atoms with Crippen LogP contribution >= 0.6 is 11.6 Å². The third kappa shape index (κ3) is 8.70. The molecule has 11 heteroatoms. The smallest absolute Gasteiger partial charge is 0.475 e. The van der Waals surface area contributed by atoms with Gasteiger partial charge in [0.1, 0.15) is 6.54 Å². The van der Waals surface area contributed by atoms with Gasteiger partial charge in [-0.25, -0.2) is 4.79 Å². The zero-order chi connectivity index (χ0) is 22.0. The summed E-state index contributed by atoms with van der Waals surface area (Å²) in [6, 6.07) is 6.85. The molecule has 1 aromatic rings.